The van der Waals surface area contributed by atoms with E-state index in [0.29, 0.717) is 0 Å². The molecule has 0 N–H and O–H groups in total. The summed E-state index contributed by atoms with van der Waals surface area (Å²) in [6, 6.07) is 0. The van der Waals surface area contributed by atoms with E-state index in [1.807, 2.05) is 0 Å². The van der Waals surface area contributed by atoms with Gasteiger partial charge in [0.15, 0.2) is 0 Å². The van der Waals surface area contributed by atoms with Gasteiger partial charge in [-0.05, 0) is 6.92 Å². The Bertz CT molecular complexity index is 99.4. The number of rotatable bonds is 1. The molecule has 10 heavy (non-hydrogen) atoms. The summed E-state index contributed by atoms with van der Waals surface area (Å²) in [7, 11) is 0. The molecule has 0 rings (SSSR count). The summed E-state index contributed by atoms with van der Waals surface area (Å²) < 4.78 is 0. The predicted octanol–water partition coefficient (Wildman–Crippen LogP) is -2.54. The Balaban J connectivity index is -0.0000000910. The summed E-state index contributed by atoms with van der Waals surface area (Å²) in [5.41, 5.74) is 0. The maximum absolute atomic E-state index is 9.21. The van der Waals surface area contributed by atoms with Gasteiger partial charge in [0.1, 0.15) is 0 Å². The molecular weight excluding hydrogens is 222 g/mol. The maximum Gasteiger partial charge on any atom is 2.00 e. The van der Waals surface area contributed by atoms with Crippen LogP contribution in [0.2, 0.25) is 5.32 Å². The minimum atomic E-state index is -1.08. The molecule has 0 aromatic carbocycles. The molecule has 0 unspecified atom stereocenters. The van der Waals surface area contributed by atoms with Crippen LogP contribution in [0.25, 0.3) is 0 Å². The number of carboxylic acid groups (broad SMARTS) is 2. The Labute approximate surface area is 77.3 Å². The largest absolute Gasteiger partial charge is 2.00 e. The molecule has 0 aromatic heterocycles. The molecule has 0 aliphatic heterocycles. The van der Waals surface area contributed by atoms with Gasteiger partial charge < -0.3 is 9.90 Å². The molecule has 59 valence electrons. The van der Waals surface area contributed by atoms with Crippen molar-refractivity contribution >= 4 is 11.9 Å². The van der Waals surface area contributed by atoms with E-state index >= 15 is 0 Å². The average molecular weight is 227 g/mol. The molecule has 0 spiro atoms. The zero-order chi connectivity index (χ0) is 7.86. The predicted molar refractivity (Wildman–Crippen MR) is 20.5 cm³/mol. The first-order valence-electron chi connectivity index (χ1n) is 1.94. The monoisotopic (exact) mass is 227 g/mol. The first kappa shape index (κ1) is 16.5. The standard InChI is InChI=1S/C2H4O2.C2H3O2.2Mn/c2*1-2(3)4;;/h1H3,(H,3,4);1H2,(H,3,4);;/q;;;+2/p-2. The second kappa shape index (κ2) is 11.7. The first-order chi connectivity index (χ1) is 4.00. The van der Waals surface area contributed by atoms with Crippen molar-refractivity contribution in [1.29, 1.82) is 0 Å². The third kappa shape index (κ3) is 99.2. The first-order valence-corrected chi connectivity index (χ1v) is 2.77. The fourth-order valence-corrected chi connectivity index (χ4v) is 0. The molecule has 0 bridgehead atoms. The molecule has 4 nitrogen and oxygen atoms in total. The van der Waals surface area contributed by atoms with Crippen LogP contribution in [0.5, 0.6) is 0 Å². The van der Waals surface area contributed by atoms with E-state index in [1.165, 1.54) is 0 Å². The molecule has 6 heteroatoms. The zero-order valence-corrected chi connectivity index (χ0v) is 7.46. The van der Waals surface area contributed by atoms with Crippen molar-refractivity contribution in [2.45, 2.75) is 12.2 Å². The molecule has 0 aromatic rings. The second-order valence-corrected chi connectivity index (χ2v) is 1.41. The van der Waals surface area contributed by atoms with Crippen molar-refractivity contribution in [1.82, 2.24) is 0 Å². The normalized spacial score (nSPS) is 6.20. The molecule has 0 amide bonds. The van der Waals surface area contributed by atoms with E-state index < -0.39 is 11.9 Å². The van der Waals surface area contributed by atoms with Gasteiger partial charge in [-0.25, -0.2) is 0 Å². The van der Waals surface area contributed by atoms with Gasteiger partial charge in [-0.3, -0.25) is 0 Å². The van der Waals surface area contributed by atoms with Crippen LogP contribution in [-0.4, -0.2) is 11.9 Å². The number of carboxylic acids is 2. The fourth-order valence-electron chi connectivity index (χ4n) is 0. The van der Waals surface area contributed by atoms with Crippen LogP contribution < -0.4 is 10.2 Å². The topological polar surface area (TPSA) is 80.3 Å². The Hall–Kier alpha value is -0.0210. The van der Waals surface area contributed by atoms with Gasteiger partial charge in [0, 0.05) is 5.97 Å². The van der Waals surface area contributed by atoms with Gasteiger partial charge in [-0.2, -0.15) is 0 Å². The quantitative estimate of drug-likeness (QED) is 0.462. The van der Waals surface area contributed by atoms with Gasteiger partial charge in [-0.15, -0.1) is 0 Å². The number of hydrogen-bond acceptors (Lipinski definition) is 4. The van der Waals surface area contributed by atoms with Crippen molar-refractivity contribution in [2.75, 3.05) is 0 Å². The molecular formula is C4H5Mn2O4. The summed E-state index contributed by atoms with van der Waals surface area (Å²) in [6.45, 7) is 0.972. The van der Waals surface area contributed by atoms with E-state index in [9.17, 15) is 9.90 Å². The van der Waals surface area contributed by atoms with Crippen molar-refractivity contribution in [3.8, 4) is 0 Å². The second-order valence-electron chi connectivity index (χ2n) is 0.997. The van der Waals surface area contributed by atoms with Crippen molar-refractivity contribution in [3.63, 3.8) is 0 Å². The number of carbonyl (C=O) groups excluding carboxylic acids is 2. The summed E-state index contributed by atoms with van der Waals surface area (Å²) in [5, 5.41) is 18.0. The van der Waals surface area contributed by atoms with Gasteiger partial charge in [0.2, 0.25) is 0 Å². The maximum atomic E-state index is 9.21. The minimum Gasteiger partial charge on any atom is 2.00 e. The number of hydrogen-bond donors (Lipinski definition) is 0. The van der Waals surface area contributed by atoms with Crippen LogP contribution >= 0.6 is 0 Å². The zero-order valence-electron chi connectivity index (χ0n) is 5.10. The summed E-state index contributed by atoms with van der Waals surface area (Å²) in [4.78, 5) is 18.1. The fraction of sp³-hybridized carbons (Fsp3) is 0.500. The number of aliphatic carboxylic acids is 2. The Kier molecular flexibility index (Phi) is 19.4. The van der Waals surface area contributed by atoms with Crippen LogP contribution in [0.1, 0.15) is 6.92 Å². The van der Waals surface area contributed by atoms with Crippen molar-refractivity contribution in [2.24, 2.45) is 0 Å². The molecule has 0 saturated heterocycles. The molecule has 0 aliphatic rings. The van der Waals surface area contributed by atoms with Crippen molar-refractivity contribution < 1.29 is 52.9 Å². The van der Waals surface area contributed by atoms with E-state index in [2.05, 4.69) is 16.0 Å². The van der Waals surface area contributed by atoms with Crippen LogP contribution in [0, 0.1) is 0 Å². The van der Waals surface area contributed by atoms with Crippen LogP contribution in [0.4, 0.5) is 0 Å². The molecule has 0 aliphatic carbocycles. The smallest absolute Gasteiger partial charge is 2.00 e. The molecule has 0 heterocycles. The van der Waals surface area contributed by atoms with Gasteiger partial charge in [0.25, 0.3) is 0 Å². The van der Waals surface area contributed by atoms with Gasteiger partial charge in [-0.1, -0.05) is 0 Å². The van der Waals surface area contributed by atoms with Crippen LogP contribution in [0.15, 0.2) is 0 Å². The van der Waals surface area contributed by atoms with Gasteiger partial charge >= 0.3 is 54.3 Å². The Morgan fingerprint density at radius 3 is 1.50 bits per heavy atom. The summed E-state index contributed by atoms with van der Waals surface area (Å²) in [5.74, 6) is -2.16. The van der Waals surface area contributed by atoms with E-state index in [1.54, 1.807) is 0 Å². The van der Waals surface area contributed by atoms with E-state index in [4.69, 9.17) is 9.90 Å². The third-order valence-electron chi connectivity index (χ3n) is 0.109. The Morgan fingerprint density at radius 2 is 1.50 bits per heavy atom. The van der Waals surface area contributed by atoms with E-state index in [-0.39, 0.29) is 22.4 Å². The summed E-state index contributed by atoms with van der Waals surface area (Å²) in [6.07, 6.45) is 0. The average Bonchev–Trinajstić information content (AvgIpc) is 1.65. The van der Waals surface area contributed by atoms with Crippen LogP contribution in [-0.2, 0) is 42.7 Å². The molecule has 0 fully saturated rings. The van der Waals surface area contributed by atoms with E-state index in [0.717, 1.165) is 6.92 Å². The SMILES string of the molecule is CC(=O)[O-].O=C([O-])[CH2][Mn].[Mn+2]. The minimum absolute atomic E-state index is 0. The number of carbonyl (C=O) groups is 2. The Morgan fingerprint density at radius 1 is 1.40 bits per heavy atom. The summed E-state index contributed by atoms with van der Waals surface area (Å²) >= 11 is 2.65. The molecule has 1 radical (unpaired) electrons. The third-order valence-corrected chi connectivity index (χ3v) is 0.450. The van der Waals surface area contributed by atoms with Crippen molar-refractivity contribution in [3.05, 3.63) is 0 Å². The molecule has 0 atom stereocenters. The molecule has 0 saturated carbocycles. The van der Waals surface area contributed by atoms with Crippen LogP contribution in [0.3, 0.4) is 0 Å². The van der Waals surface area contributed by atoms with Gasteiger partial charge in [0.05, 0.1) is 0 Å².